The summed E-state index contributed by atoms with van der Waals surface area (Å²) in [6.45, 7) is 0. The number of imide groups is 1. The van der Waals surface area contributed by atoms with Crippen LogP contribution in [0.15, 0.2) is 0 Å². The van der Waals surface area contributed by atoms with Crippen molar-refractivity contribution in [1.82, 2.24) is 5.32 Å². The SMILES string of the molecule is O=C1NC(=O)C(Cl)(Cl)[NH+]1[O-]. The number of nitrogens with one attached hydrogen (secondary N) is 2. The quantitative estimate of drug-likeness (QED) is 0.214. The topological polar surface area (TPSA) is 73.7 Å². The molecule has 0 aromatic heterocycles. The van der Waals surface area contributed by atoms with E-state index in [1.165, 1.54) is 0 Å². The minimum absolute atomic E-state index is 0.981. The first-order chi connectivity index (χ1) is 4.46. The van der Waals surface area contributed by atoms with E-state index in [0.717, 1.165) is 0 Å². The van der Waals surface area contributed by atoms with Crippen LogP contribution in [-0.2, 0) is 4.79 Å². The van der Waals surface area contributed by atoms with Crippen molar-refractivity contribution in [2.24, 2.45) is 0 Å². The lowest BCUT2D eigenvalue weighted by atomic mass is 10.6. The van der Waals surface area contributed by atoms with Gasteiger partial charge in [0.15, 0.2) is 0 Å². The van der Waals surface area contributed by atoms with Gasteiger partial charge < -0.3 is 5.21 Å². The Morgan fingerprint density at radius 3 is 2.10 bits per heavy atom. The van der Waals surface area contributed by atoms with E-state index in [1.54, 1.807) is 5.32 Å². The number of quaternary nitrogens is 1. The van der Waals surface area contributed by atoms with E-state index in [2.05, 4.69) is 0 Å². The molecule has 56 valence electrons. The van der Waals surface area contributed by atoms with Crippen LogP contribution in [0.1, 0.15) is 0 Å². The average molecular weight is 185 g/mol. The summed E-state index contributed by atoms with van der Waals surface area (Å²) in [4.78, 5) is 20.8. The van der Waals surface area contributed by atoms with E-state index >= 15 is 0 Å². The molecule has 3 amide bonds. The second kappa shape index (κ2) is 2.06. The van der Waals surface area contributed by atoms with E-state index in [9.17, 15) is 14.8 Å². The van der Waals surface area contributed by atoms with Gasteiger partial charge in [0, 0.05) is 0 Å². The fourth-order valence-corrected chi connectivity index (χ4v) is 0.750. The van der Waals surface area contributed by atoms with Crippen LogP contribution >= 0.6 is 23.2 Å². The molecule has 1 saturated heterocycles. The Balaban J connectivity index is 2.96. The molecule has 0 aliphatic carbocycles. The molecule has 1 fully saturated rings. The summed E-state index contributed by atoms with van der Waals surface area (Å²) in [5.74, 6) is -0.981. The maximum Gasteiger partial charge on any atom is 0.424 e. The van der Waals surface area contributed by atoms with Gasteiger partial charge in [0.2, 0.25) is 0 Å². The molecule has 0 bridgehead atoms. The molecule has 1 aliphatic rings. The van der Waals surface area contributed by atoms with Gasteiger partial charge in [-0.2, -0.15) is 0 Å². The van der Waals surface area contributed by atoms with E-state index in [1.807, 2.05) is 0 Å². The van der Waals surface area contributed by atoms with Crippen LogP contribution in [0.25, 0.3) is 0 Å². The number of hydroxylamine groups is 2. The average Bonchev–Trinajstić information content (AvgIpc) is 1.97. The van der Waals surface area contributed by atoms with Crippen molar-refractivity contribution < 1.29 is 14.7 Å². The molecule has 0 spiro atoms. The van der Waals surface area contributed by atoms with Gasteiger partial charge in [0.25, 0.3) is 0 Å². The lowest BCUT2D eigenvalue weighted by Gasteiger charge is -2.18. The van der Waals surface area contributed by atoms with Crippen LogP contribution in [0, 0.1) is 5.21 Å². The number of urea groups is 1. The van der Waals surface area contributed by atoms with Gasteiger partial charge in [-0.05, 0) is 23.2 Å². The molecule has 2 N–H and O–H groups in total. The fourth-order valence-electron chi connectivity index (χ4n) is 0.484. The summed E-state index contributed by atoms with van der Waals surface area (Å²) in [5, 5.41) is 11.1. The minimum atomic E-state index is -2.21. The lowest BCUT2D eigenvalue weighted by Crippen LogP contribution is -3.14. The smallest absolute Gasteiger partial charge is 0.424 e. The summed E-state index contributed by atoms with van der Waals surface area (Å²) in [5.41, 5.74) is 0. The van der Waals surface area contributed by atoms with E-state index in [4.69, 9.17) is 23.2 Å². The monoisotopic (exact) mass is 184 g/mol. The van der Waals surface area contributed by atoms with Crippen molar-refractivity contribution in [3.8, 4) is 0 Å². The molecule has 5 nitrogen and oxygen atoms in total. The van der Waals surface area contributed by atoms with Crippen LogP contribution in [0.5, 0.6) is 0 Å². The molecule has 7 heteroatoms. The number of alkyl halides is 2. The molecule has 1 aliphatic heterocycles. The fraction of sp³-hybridized carbons (Fsp3) is 0.333. The van der Waals surface area contributed by atoms with Crippen molar-refractivity contribution in [1.29, 1.82) is 0 Å². The largest absolute Gasteiger partial charge is 0.623 e. The summed E-state index contributed by atoms with van der Waals surface area (Å²) >= 11 is 10.3. The highest BCUT2D eigenvalue weighted by Crippen LogP contribution is 2.15. The van der Waals surface area contributed by atoms with Crippen LogP contribution < -0.4 is 10.4 Å². The number of carbonyl (C=O) groups is 2. The Labute approximate surface area is 65.5 Å². The Bertz CT molecular complexity index is 204. The Morgan fingerprint density at radius 2 is 2.00 bits per heavy atom. The summed E-state index contributed by atoms with van der Waals surface area (Å²) in [6.07, 6.45) is 0. The molecule has 1 unspecified atom stereocenters. The number of halogens is 2. The van der Waals surface area contributed by atoms with Crippen LogP contribution in [0.3, 0.4) is 0 Å². The van der Waals surface area contributed by atoms with Gasteiger partial charge in [-0.3, -0.25) is 4.79 Å². The zero-order chi connectivity index (χ0) is 7.94. The highest BCUT2D eigenvalue weighted by atomic mass is 35.5. The number of hydrogen-bond acceptors (Lipinski definition) is 3. The maximum atomic E-state index is 10.5. The third kappa shape index (κ3) is 0.873. The normalized spacial score (nSPS) is 30.5. The highest BCUT2D eigenvalue weighted by molar-refractivity contribution is 6.58. The molecule has 1 rings (SSSR count). The summed E-state index contributed by atoms with van der Waals surface area (Å²) in [6, 6.07) is -1.06. The third-order valence-electron chi connectivity index (χ3n) is 1.00. The molecular weight excluding hydrogens is 183 g/mol. The molecule has 0 aromatic rings. The standard InChI is InChI=1S/C3H2Cl2N2O3/c4-3(5)1(8)6-2(9)7(3)10/h7H,(H,6,8,9). The number of carbonyl (C=O) groups excluding carboxylic acids is 2. The van der Waals surface area contributed by atoms with Crippen LogP contribution in [0.4, 0.5) is 4.79 Å². The van der Waals surface area contributed by atoms with Crippen molar-refractivity contribution in [3.63, 3.8) is 0 Å². The number of rotatable bonds is 0. The van der Waals surface area contributed by atoms with Crippen LogP contribution in [-0.4, -0.2) is 16.4 Å². The van der Waals surface area contributed by atoms with Gasteiger partial charge >= 0.3 is 16.4 Å². The summed E-state index contributed by atoms with van der Waals surface area (Å²) < 4.78 is -2.21. The second-order valence-corrected chi connectivity index (χ2v) is 3.01. The first kappa shape index (κ1) is 7.74. The Hall–Kier alpha value is -0.360. The van der Waals surface area contributed by atoms with E-state index in [0.29, 0.717) is 0 Å². The molecule has 0 radical (unpaired) electrons. The second-order valence-electron chi connectivity index (χ2n) is 1.69. The van der Waals surface area contributed by atoms with Gasteiger partial charge in [0.1, 0.15) is 0 Å². The van der Waals surface area contributed by atoms with E-state index in [-0.39, 0.29) is 0 Å². The zero-order valence-electron chi connectivity index (χ0n) is 4.48. The molecule has 1 atom stereocenters. The molecule has 1 heterocycles. The first-order valence-electron chi connectivity index (χ1n) is 2.24. The predicted octanol–water partition coefficient (Wildman–Crippen LogP) is -1.25. The highest BCUT2D eigenvalue weighted by Gasteiger charge is 2.52. The number of amides is 3. The van der Waals surface area contributed by atoms with Crippen molar-refractivity contribution in [2.75, 3.05) is 0 Å². The minimum Gasteiger partial charge on any atom is -0.623 e. The Morgan fingerprint density at radius 1 is 1.50 bits per heavy atom. The molecule has 10 heavy (non-hydrogen) atoms. The first-order valence-corrected chi connectivity index (χ1v) is 3.00. The van der Waals surface area contributed by atoms with Gasteiger partial charge in [-0.15, -0.1) is 0 Å². The van der Waals surface area contributed by atoms with E-state index < -0.39 is 21.5 Å². The Kier molecular flexibility index (Phi) is 1.60. The van der Waals surface area contributed by atoms with Crippen LogP contribution in [0.2, 0.25) is 0 Å². The predicted molar refractivity (Wildman–Crippen MR) is 32.3 cm³/mol. The molecular formula is C3H2Cl2N2O3. The van der Waals surface area contributed by atoms with Gasteiger partial charge in [-0.1, -0.05) is 0 Å². The zero-order valence-corrected chi connectivity index (χ0v) is 5.99. The van der Waals surface area contributed by atoms with Crippen molar-refractivity contribution in [3.05, 3.63) is 5.21 Å². The number of hydrogen-bond donors (Lipinski definition) is 2. The molecule has 0 saturated carbocycles. The third-order valence-corrected chi connectivity index (χ3v) is 1.69. The van der Waals surface area contributed by atoms with Gasteiger partial charge in [-0.25, -0.2) is 15.2 Å². The van der Waals surface area contributed by atoms with Gasteiger partial charge in [0.05, 0.1) is 0 Å². The summed E-state index contributed by atoms with van der Waals surface area (Å²) in [7, 11) is 0. The van der Waals surface area contributed by atoms with Crippen molar-refractivity contribution >= 4 is 35.1 Å². The maximum absolute atomic E-state index is 10.5. The lowest BCUT2D eigenvalue weighted by molar-refractivity contribution is -0.767. The molecule has 0 aromatic carbocycles. The van der Waals surface area contributed by atoms with Crippen molar-refractivity contribution in [2.45, 2.75) is 4.46 Å².